The summed E-state index contributed by atoms with van der Waals surface area (Å²) >= 11 is 0. The maximum atomic E-state index is 11.1. The van der Waals surface area contributed by atoms with Crippen molar-refractivity contribution in [2.75, 3.05) is 24.7 Å². The van der Waals surface area contributed by atoms with Crippen LogP contribution in [0.15, 0.2) is 0 Å². The molecule has 1 aliphatic rings. The summed E-state index contributed by atoms with van der Waals surface area (Å²) < 4.78 is 22.2. The lowest BCUT2D eigenvalue weighted by molar-refractivity contribution is 0.160. The molecule has 1 rings (SSSR count). The van der Waals surface area contributed by atoms with Gasteiger partial charge in [0.15, 0.2) is 0 Å². The molecule has 1 heterocycles. The zero-order chi connectivity index (χ0) is 10.6. The molecule has 0 bridgehead atoms. The van der Waals surface area contributed by atoms with E-state index in [9.17, 15) is 8.42 Å². The van der Waals surface area contributed by atoms with Gasteiger partial charge in [-0.15, -0.1) is 0 Å². The molecule has 0 saturated carbocycles. The topological polar surface area (TPSA) is 86.6 Å². The smallest absolute Gasteiger partial charge is 0.150 e. The maximum Gasteiger partial charge on any atom is 0.150 e. The summed E-state index contributed by atoms with van der Waals surface area (Å²) in [7, 11) is -2.83. The molecule has 3 N–H and O–H groups in total. The molecular formula is C8H17NO4S. The first-order chi connectivity index (χ1) is 6.57. The highest BCUT2D eigenvalue weighted by atomic mass is 32.2. The van der Waals surface area contributed by atoms with Gasteiger partial charge in [0.2, 0.25) is 0 Å². The normalized spacial score (nSPS) is 22.8. The summed E-state index contributed by atoms with van der Waals surface area (Å²) in [5, 5.41) is 20.7. The molecule has 14 heavy (non-hydrogen) atoms. The van der Waals surface area contributed by atoms with E-state index in [0.717, 1.165) is 0 Å². The van der Waals surface area contributed by atoms with Crippen LogP contribution in [-0.2, 0) is 9.84 Å². The summed E-state index contributed by atoms with van der Waals surface area (Å²) in [6.07, 6.45) is 1.14. The average molecular weight is 223 g/mol. The molecule has 0 spiro atoms. The van der Waals surface area contributed by atoms with Gasteiger partial charge >= 0.3 is 0 Å². The van der Waals surface area contributed by atoms with E-state index in [1.54, 1.807) is 0 Å². The van der Waals surface area contributed by atoms with Gasteiger partial charge in [0, 0.05) is 6.04 Å². The minimum Gasteiger partial charge on any atom is -0.395 e. The van der Waals surface area contributed by atoms with Gasteiger partial charge in [0.05, 0.1) is 30.8 Å². The summed E-state index contributed by atoms with van der Waals surface area (Å²) in [4.78, 5) is 0. The van der Waals surface area contributed by atoms with E-state index in [1.807, 2.05) is 0 Å². The molecule has 0 amide bonds. The molecule has 0 aromatic heterocycles. The van der Waals surface area contributed by atoms with Gasteiger partial charge in [-0.1, -0.05) is 0 Å². The molecule has 0 aromatic rings. The lowest BCUT2D eigenvalue weighted by Gasteiger charge is -2.26. The van der Waals surface area contributed by atoms with E-state index in [4.69, 9.17) is 10.2 Å². The van der Waals surface area contributed by atoms with Crippen LogP contribution in [-0.4, -0.2) is 55.4 Å². The first-order valence-corrected chi connectivity index (χ1v) is 6.57. The second kappa shape index (κ2) is 5.06. The lowest BCUT2D eigenvalue weighted by atomic mass is 10.1. The predicted molar refractivity (Wildman–Crippen MR) is 52.8 cm³/mol. The van der Waals surface area contributed by atoms with Gasteiger partial charge in [0.25, 0.3) is 0 Å². The first-order valence-electron chi connectivity index (χ1n) is 4.75. The SMILES string of the molecule is O=S1(=O)CCC(NC(CO)CO)CC1. The van der Waals surface area contributed by atoms with Crippen molar-refractivity contribution >= 4 is 9.84 Å². The number of aliphatic hydroxyl groups excluding tert-OH is 2. The Kier molecular flexibility index (Phi) is 4.31. The minimum atomic E-state index is -2.83. The Labute approximate surface area is 84.1 Å². The Morgan fingerprint density at radius 1 is 1.21 bits per heavy atom. The number of rotatable bonds is 4. The van der Waals surface area contributed by atoms with E-state index in [1.165, 1.54) is 0 Å². The third kappa shape index (κ3) is 3.53. The third-order valence-electron chi connectivity index (χ3n) is 2.47. The van der Waals surface area contributed by atoms with Crippen LogP contribution in [0.25, 0.3) is 0 Å². The van der Waals surface area contributed by atoms with Crippen molar-refractivity contribution in [1.29, 1.82) is 0 Å². The molecule has 84 valence electrons. The molecular weight excluding hydrogens is 206 g/mol. The fourth-order valence-corrected chi connectivity index (χ4v) is 3.04. The molecule has 1 aliphatic heterocycles. The molecule has 6 heteroatoms. The lowest BCUT2D eigenvalue weighted by Crippen LogP contribution is -2.46. The van der Waals surface area contributed by atoms with Gasteiger partial charge in [-0.05, 0) is 12.8 Å². The van der Waals surface area contributed by atoms with Crippen molar-refractivity contribution in [1.82, 2.24) is 5.32 Å². The van der Waals surface area contributed by atoms with Crippen molar-refractivity contribution in [3.8, 4) is 0 Å². The van der Waals surface area contributed by atoms with Crippen molar-refractivity contribution in [3.63, 3.8) is 0 Å². The summed E-state index contributed by atoms with van der Waals surface area (Å²) in [6, 6.07) is -0.233. The summed E-state index contributed by atoms with van der Waals surface area (Å²) in [5.74, 6) is 0.405. The highest BCUT2D eigenvalue weighted by molar-refractivity contribution is 7.91. The van der Waals surface area contributed by atoms with E-state index in [-0.39, 0.29) is 36.8 Å². The van der Waals surface area contributed by atoms with Crippen LogP contribution < -0.4 is 5.32 Å². The predicted octanol–water partition coefficient (Wildman–Crippen LogP) is -1.49. The third-order valence-corrected chi connectivity index (χ3v) is 4.18. The minimum absolute atomic E-state index is 0.0998. The highest BCUT2D eigenvalue weighted by Crippen LogP contribution is 2.12. The average Bonchev–Trinajstić information content (AvgIpc) is 2.16. The van der Waals surface area contributed by atoms with Crippen molar-refractivity contribution in [2.24, 2.45) is 0 Å². The molecule has 1 saturated heterocycles. The molecule has 5 nitrogen and oxygen atoms in total. The van der Waals surface area contributed by atoms with E-state index in [2.05, 4.69) is 5.32 Å². The number of aliphatic hydroxyl groups is 2. The molecule has 0 radical (unpaired) electrons. The zero-order valence-electron chi connectivity index (χ0n) is 8.02. The Balaban J connectivity index is 2.35. The fourth-order valence-electron chi connectivity index (χ4n) is 1.55. The summed E-state index contributed by atoms with van der Waals surface area (Å²) in [5.41, 5.74) is 0. The molecule has 0 aliphatic carbocycles. The van der Waals surface area contributed by atoms with E-state index >= 15 is 0 Å². The van der Waals surface area contributed by atoms with Gasteiger partial charge in [-0.25, -0.2) is 8.42 Å². The Bertz CT molecular complexity index is 247. The quantitative estimate of drug-likeness (QED) is 0.540. The molecule has 0 unspecified atom stereocenters. The zero-order valence-corrected chi connectivity index (χ0v) is 8.83. The second-order valence-electron chi connectivity index (χ2n) is 3.65. The van der Waals surface area contributed by atoms with Crippen LogP contribution in [0.4, 0.5) is 0 Å². The Hall–Kier alpha value is -0.170. The van der Waals surface area contributed by atoms with Crippen LogP contribution in [0.3, 0.4) is 0 Å². The molecule has 1 fully saturated rings. The van der Waals surface area contributed by atoms with E-state index < -0.39 is 9.84 Å². The van der Waals surface area contributed by atoms with E-state index in [0.29, 0.717) is 12.8 Å². The van der Waals surface area contributed by atoms with Crippen LogP contribution in [0.5, 0.6) is 0 Å². The van der Waals surface area contributed by atoms with Crippen molar-refractivity contribution in [3.05, 3.63) is 0 Å². The van der Waals surface area contributed by atoms with Crippen LogP contribution in [0.2, 0.25) is 0 Å². The van der Waals surface area contributed by atoms with Crippen molar-refractivity contribution in [2.45, 2.75) is 24.9 Å². The van der Waals surface area contributed by atoms with Gasteiger partial charge < -0.3 is 15.5 Å². The standard InChI is InChI=1S/C8H17NO4S/c10-5-8(6-11)9-7-1-3-14(12,13)4-2-7/h7-11H,1-6H2. The largest absolute Gasteiger partial charge is 0.395 e. The molecule has 0 aromatic carbocycles. The maximum absolute atomic E-state index is 11.1. The van der Waals surface area contributed by atoms with Crippen LogP contribution in [0, 0.1) is 0 Å². The first kappa shape index (κ1) is 11.9. The number of hydrogen-bond acceptors (Lipinski definition) is 5. The Morgan fingerprint density at radius 3 is 2.14 bits per heavy atom. The van der Waals surface area contributed by atoms with Crippen molar-refractivity contribution < 1.29 is 18.6 Å². The van der Waals surface area contributed by atoms with Gasteiger partial charge in [-0.3, -0.25) is 0 Å². The molecule has 0 atom stereocenters. The summed E-state index contributed by atoms with van der Waals surface area (Å²) in [6.45, 7) is -0.250. The highest BCUT2D eigenvalue weighted by Gasteiger charge is 2.24. The number of nitrogens with one attached hydrogen (secondary N) is 1. The number of hydrogen-bond donors (Lipinski definition) is 3. The monoisotopic (exact) mass is 223 g/mol. The fraction of sp³-hybridized carbons (Fsp3) is 1.00. The van der Waals surface area contributed by atoms with Crippen LogP contribution in [0.1, 0.15) is 12.8 Å². The Morgan fingerprint density at radius 2 is 1.71 bits per heavy atom. The van der Waals surface area contributed by atoms with Gasteiger partial charge in [0.1, 0.15) is 9.84 Å². The second-order valence-corrected chi connectivity index (χ2v) is 5.96. The number of sulfone groups is 1. The van der Waals surface area contributed by atoms with Gasteiger partial charge in [-0.2, -0.15) is 0 Å². The van der Waals surface area contributed by atoms with Crippen LogP contribution >= 0.6 is 0 Å².